The number of anilines is 1. The molecule has 1 aromatic rings. The third-order valence-corrected chi connectivity index (χ3v) is 3.78. The summed E-state index contributed by atoms with van der Waals surface area (Å²) in [6.45, 7) is 0.752. The molecular weight excluding hydrogens is 260 g/mol. The zero-order chi connectivity index (χ0) is 14.5. The van der Waals surface area contributed by atoms with Crippen molar-refractivity contribution in [1.82, 2.24) is 0 Å². The van der Waals surface area contributed by atoms with Gasteiger partial charge in [0.2, 0.25) is 0 Å². The van der Waals surface area contributed by atoms with Gasteiger partial charge < -0.3 is 14.7 Å². The second-order valence-corrected chi connectivity index (χ2v) is 4.99. The van der Waals surface area contributed by atoms with Crippen molar-refractivity contribution in [2.24, 2.45) is 0 Å². The number of benzene rings is 1. The van der Waals surface area contributed by atoms with Crippen LogP contribution in [0.25, 0.3) is 0 Å². The van der Waals surface area contributed by atoms with Gasteiger partial charge in [-0.15, -0.1) is 0 Å². The van der Waals surface area contributed by atoms with Gasteiger partial charge in [0, 0.05) is 6.54 Å². The summed E-state index contributed by atoms with van der Waals surface area (Å²) in [5, 5.41) is 20.8. The van der Waals surface area contributed by atoms with Crippen molar-refractivity contribution < 1.29 is 14.8 Å². The molecule has 0 aliphatic carbocycles. The highest BCUT2D eigenvalue weighted by molar-refractivity contribution is 5.66. The predicted molar refractivity (Wildman–Crippen MR) is 76.3 cm³/mol. The molecule has 110 valence electrons. The van der Waals surface area contributed by atoms with E-state index in [4.69, 9.17) is 4.74 Å². The zero-order valence-corrected chi connectivity index (χ0v) is 11.6. The molecule has 0 aromatic heterocycles. The van der Waals surface area contributed by atoms with E-state index in [0.29, 0.717) is 11.4 Å². The summed E-state index contributed by atoms with van der Waals surface area (Å²) in [6.07, 6.45) is 3.99. The standard InChI is InChI=1S/C14H20N2O4/c1-20-12-6-7-13(14(9-12)16(18)19)15-8-4-2-3-5-11(15)10-17/h6-7,9,11,17H,2-5,8,10H2,1H3. The number of ether oxygens (including phenoxy) is 1. The Morgan fingerprint density at radius 1 is 1.45 bits per heavy atom. The molecule has 1 heterocycles. The summed E-state index contributed by atoms with van der Waals surface area (Å²) in [4.78, 5) is 12.8. The zero-order valence-electron chi connectivity index (χ0n) is 11.6. The Kier molecular flexibility index (Phi) is 4.79. The molecule has 1 atom stereocenters. The molecule has 6 nitrogen and oxygen atoms in total. The lowest BCUT2D eigenvalue weighted by atomic mass is 10.1. The number of hydrogen-bond donors (Lipinski definition) is 1. The van der Waals surface area contributed by atoms with Crippen molar-refractivity contribution in [2.75, 3.05) is 25.2 Å². The first-order valence-corrected chi connectivity index (χ1v) is 6.87. The quantitative estimate of drug-likeness (QED) is 0.676. The number of hydrogen-bond acceptors (Lipinski definition) is 5. The first kappa shape index (κ1) is 14.6. The Balaban J connectivity index is 2.40. The van der Waals surface area contributed by atoms with Crippen LogP contribution in [0.1, 0.15) is 25.7 Å². The summed E-state index contributed by atoms with van der Waals surface area (Å²) < 4.78 is 5.05. The maximum absolute atomic E-state index is 11.3. The van der Waals surface area contributed by atoms with Crippen LogP contribution < -0.4 is 9.64 Å². The molecule has 0 bridgehead atoms. The van der Waals surface area contributed by atoms with Crippen LogP contribution >= 0.6 is 0 Å². The lowest BCUT2D eigenvalue weighted by molar-refractivity contribution is -0.384. The SMILES string of the molecule is COc1ccc(N2CCCCCC2CO)c([N+](=O)[O-])c1. The summed E-state index contributed by atoms with van der Waals surface area (Å²) >= 11 is 0. The molecule has 1 saturated heterocycles. The number of nitro groups is 1. The molecule has 1 aromatic carbocycles. The maximum Gasteiger partial charge on any atom is 0.296 e. The van der Waals surface area contributed by atoms with E-state index in [0.717, 1.165) is 32.2 Å². The smallest absolute Gasteiger partial charge is 0.296 e. The minimum absolute atomic E-state index is 0.0170. The Bertz CT molecular complexity index is 478. The number of nitro benzene ring substituents is 1. The minimum atomic E-state index is -0.392. The van der Waals surface area contributed by atoms with Crippen LogP contribution in [0.4, 0.5) is 11.4 Å². The normalized spacial score (nSPS) is 19.5. The van der Waals surface area contributed by atoms with Crippen molar-refractivity contribution in [3.05, 3.63) is 28.3 Å². The number of methoxy groups -OCH3 is 1. The van der Waals surface area contributed by atoms with Gasteiger partial charge in [0.25, 0.3) is 5.69 Å². The van der Waals surface area contributed by atoms with Crippen molar-refractivity contribution in [3.8, 4) is 5.75 Å². The lowest BCUT2D eigenvalue weighted by Gasteiger charge is -2.30. The van der Waals surface area contributed by atoms with E-state index in [-0.39, 0.29) is 18.3 Å². The number of aliphatic hydroxyl groups excluding tert-OH is 1. The van der Waals surface area contributed by atoms with Gasteiger partial charge in [-0.05, 0) is 25.0 Å². The second kappa shape index (κ2) is 6.56. The summed E-state index contributed by atoms with van der Waals surface area (Å²) in [6, 6.07) is 4.82. The number of aliphatic hydroxyl groups is 1. The first-order chi connectivity index (χ1) is 9.67. The van der Waals surface area contributed by atoms with E-state index < -0.39 is 4.92 Å². The molecule has 1 N–H and O–H groups in total. The van der Waals surface area contributed by atoms with Crippen LogP contribution in [-0.2, 0) is 0 Å². The molecule has 1 aliphatic heterocycles. The molecule has 1 unspecified atom stereocenters. The van der Waals surface area contributed by atoms with Gasteiger partial charge in [-0.1, -0.05) is 12.8 Å². The van der Waals surface area contributed by atoms with Gasteiger partial charge in [-0.2, -0.15) is 0 Å². The Morgan fingerprint density at radius 2 is 2.25 bits per heavy atom. The molecule has 1 fully saturated rings. The van der Waals surface area contributed by atoms with Gasteiger partial charge in [0.1, 0.15) is 11.4 Å². The summed E-state index contributed by atoms with van der Waals surface area (Å²) in [7, 11) is 1.49. The van der Waals surface area contributed by atoms with Crippen molar-refractivity contribution in [2.45, 2.75) is 31.7 Å². The van der Waals surface area contributed by atoms with E-state index >= 15 is 0 Å². The second-order valence-electron chi connectivity index (χ2n) is 4.99. The fourth-order valence-electron chi connectivity index (χ4n) is 2.70. The van der Waals surface area contributed by atoms with Crippen LogP contribution in [-0.4, -0.2) is 36.3 Å². The van der Waals surface area contributed by atoms with Crippen molar-refractivity contribution in [1.29, 1.82) is 0 Å². The van der Waals surface area contributed by atoms with Crippen LogP contribution in [0.5, 0.6) is 5.75 Å². The van der Waals surface area contributed by atoms with Gasteiger partial charge in [-0.25, -0.2) is 0 Å². The average molecular weight is 280 g/mol. The highest BCUT2D eigenvalue weighted by atomic mass is 16.6. The van der Waals surface area contributed by atoms with E-state index in [9.17, 15) is 15.2 Å². The van der Waals surface area contributed by atoms with Crippen LogP contribution in [0.2, 0.25) is 0 Å². The number of rotatable bonds is 4. The molecule has 6 heteroatoms. The largest absolute Gasteiger partial charge is 0.496 e. The van der Waals surface area contributed by atoms with E-state index in [1.165, 1.54) is 13.2 Å². The summed E-state index contributed by atoms with van der Waals surface area (Å²) in [5.41, 5.74) is 0.599. The highest BCUT2D eigenvalue weighted by Crippen LogP contribution is 2.35. The predicted octanol–water partition coefficient (Wildman–Crippen LogP) is 2.34. The highest BCUT2D eigenvalue weighted by Gasteiger charge is 2.27. The van der Waals surface area contributed by atoms with Crippen LogP contribution in [0.15, 0.2) is 18.2 Å². The van der Waals surface area contributed by atoms with Crippen molar-refractivity contribution in [3.63, 3.8) is 0 Å². The molecule has 0 radical (unpaired) electrons. The Labute approximate surface area is 118 Å². The van der Waals surface area contributed by atoms with Gasteiger partial charge in [0.05, 0.1) is 30.7 Å². The third kappa shape index (κ3) is 3.01. The fraction of sp³-hybridized carbons (Fsp3) is 0.571. The topological polar surface area (TPSA) is 75.8 Å². The number of nitrogens with zero attached hydrogens (tertiary/aromatic N) is 2. The Morgan fingerprint density at radius 3 is 2.90 bits per heavy atom. The minimum Gasteiger partial charge on any atom is -0.496 e. The monoisotopic (exact) mass is 280 g/mol. The molecule has 20 heavy (non-hydrogen) atoms. The Hall–Kier alpha value is -1.82. The molecule has 0 spiro atoms. The van der Waals surface area contributed by atoms with Crippen molar-refractivity contribution >= 4 is 11.4 Å². The van der Waals surface area contributed by atoms with Gasteiger partial charge in [-0.3, -0.25) is 10.1 Å². The molecular formula is C14H20N2O4. The maximum atomic E-state index is 11.3. The fourth-order valence-corrected chi connectivity index (χ4v) is 2.70. The van der Waals surface area contributed by atoms with E-state index in [1.54, 1.807) is 12.1 Å². The third-order valence-electron chi connectivity index (χ3n) is 3.78. The molecule has 2 rings (SSSR count). The lowest BCUT2D eigenvalue weighted by Crippen LogP contribution is -2.37. The van der Waals surface area contributed by atoms with E-state index in [1.807, 2.05) is 4.90 Å². The van der Waals surface area contributed by atoms with Crippen LogP contribution in [0, 0.1) is 10.1 Å². The summed E-state index contributed by atoms with van der Waals surface area (Å²) in [5.74, 6) is 0.468. The van der Waals surface area contributed by atoms with Gasteiger partial charge in [0.15, 0.2) is 0 Å². The first-order valence-electron chi connectivity index (χ1n) is 6.87. The molecule has 1 aliphatic rings. The van der Waals surface area contributed by atoms with Gasteiger partial charge >= 0.3 is 0 Å². The van der Waals surface area contributed by atoms with E-state index in [2.05, 4.69) is 0 Å². The van der Waals surface area contributed by atoms with Crippen LogP contribution in [0.3, 0.4) is 0 Å². The molecule has 0 saturated carbocycles. The molecule has 0 amide bonds. The average Bonchev–Trinajstić information content (AvgIpc) is 2.71.